The van der Waals surface area contributed by atoms with E-state index in [1.54, 1.807) is 0 Å². The second-order valence-corrected chi connectivity index (χ2v) is 4.73. The molecule has 2 aromatic carbocycles. The first-order chi connectivity index (χ1) is 10.8. The summed E-state index contributed by atoms with van der Waals surface area (Å²) < 4.78 is 0. The number of hydrogen-bond donors (Lipinski definition) is 4. The average molecular weight is 289 g/mol. The summed E-state index contributed by atoms with van der Waals surface area (Å²) in [4.78, 5) is 3.18. The van der Waals surface area contributed by atoms with E-state index in [0.29, 0.717) is 5.84 Å². The van der Waals surface area contributed by atoms with Gasteiger partial charge in [-0.2, -0.15) is 5.10 Å². The Hall–Kier alpha value is -3.23. The fraction of sp³-hybridized carbons (Fsp3) is 0. The highest BCUT2D eigenvalue weighted by molar-refractivity contribution is 5.98. The molecule has 0 aliphatic heterocycles. The minimum absolute atomic E-state index is 0.413. The van der Waals surface area contributed by atoms with Crippen molar-refractivity contribution in [3.05, 3.63) is 71.4 Å². The van der Waals surface area contributed by atoms with Gasteiger partial charge in [0.15, 0.2) is 5.84 Å². The van der Waals surface area contributed by atoms with Gasteiger partial charge in [-0.3, -0.25) is 0 Å². The molecule has 1 aromatic heterocycles. The third-order valence-corrected chi connectivity index (χ3v) is 3.31. The monoisotopic (exact) mass is 289 g/mol. The standard InChI is InChI=1S/C17H15N5/c18-21-17(22-19)15-3-1-2-12(10-15)4-5-13-6-7-14-8-9-20-16(14)11-13/h1-3,6-11,20H,18-19H2,(H,21,22). The maximum atomic E-state index is 5.37. The summed E-state index contributed by atoms with van der Waals surface area (Å²) in [6.07, 6.45) is 1.92. The number of rotatable bonds is 1. The van der Waals surface area contributed by atoms with Gasteiger partial charge >= 0.3 is 0 Å². The van der Waals surface area contributed by atoms with Gasteiger partial charge in [0.05, 0.1) is 0 Å². The van der Waals surface area contributed by atoms with Gasteiger partial charge in [0, 0.05) is 28.4 Å². The number of nitrogens with one attached hydrogen (secondary N) is 2. The lowest BCUT2D eigenvalue weighted by Gasteiger charge is -2.03. The largest absolute Gasteiger partial charge is 0.361 e. The number of nitrogens with zero attached hydrogens (tertiary/aromatic N) is 1. The Labute approximate surface area is 128 Å². The number of aromatic nitrogens is 1. The molecule has 0 amide bonds. The second kappa shape index (κ2) is 6.04. The van der Waals surface area contributed by atoms with Crippen molar-refractivity contribution in [2.45, 2.75) is 0 Å². The summed E-state index contributed by atoms with van der Waals surface area (Å²) in [6.45, 7) is 0. The quantitative estimate of drug-likeness (QED) is 0.180. The van der Waals surface area contributed by atoms with E-state index in [9.17, 15) is 0 Å². The van der Waals surface area contributed by atoms with E-state index < -0.39 is 0 Å². The molecule has 0 bridgehead atoms. The van der Waals surface area contributed by atoms with E-state index in [1.165, 1.54) is 5.39 Å². The Balaban J connectivity index is 1.91. The van der Waals surface area contributed by atoms with Crippen LogP contribution in [0.25, 0.3) is 10.9 Å². The highest BCUT2D eigenvalue weighted by Crippen LogP contribution is 2.13. The van der Waals surface area contributed by atoms with Gasteiger partial charge in [0.25, 0.3) is 0 Å². The van der Waals surface area contributed by atoms with E-state index in [0.717, 1.165) is 22.2 Å². The second-order valence-electron chi connectivity index (χ2n) is 4.73. The highest BCUT2D eigenvalue weighted by Gasteiger charge is 2.01. The summed E-state index contributed by atoms with van der Waals surface area (Å²) in [5.41, 5.74) is 6.13. The molecule has 0 atom stereocenters. The predicted molar refractivity (Wildman–Crippen MR) is 88.8 cm³/mol. The lowest BCUT2D eigenvalue weighted by molar-refractivity contribution is 1.00. The number of fused-ring (bicyclic) bond motifs is 1. The Morgan fingerprint density at radius 2 is 1.86 bits per heavy atom. The normalized spacial score (nSPS) is 11.0. The third-order valence-electron chi connectivity index (χ3n) is 3.31. The lowest BCUT2D eigenvalue weighted by Crippen LogP contribution is -2.32. The van der Waals surface area contributed by atoms with Crippen LogP contribution in [-0.2, 0) is 0 Å². The van der Waals surface area contributed by atoms with Crippen molar-refractivity contribution in [1.29, 1.82) is 0 Å². The van der Waals surface area contributed by atoms with Crippen molar-refractivity contribution in [2.24, 2.45) is 16.8 Å². The molecule has 1 heterocycles. The molecule has 0 radical (unpaired) electrons. The Kier molecular flexibility index (Phi) is 3.77. The molecule has 6 N–H and O–H groups in total. The van der Waals surface area contributed by atoms with Crippen LogP contribution in [0.15, 0.2) is 59.8 Å². The van der Waals surface area contributed by atoms with Crippen LogP contribution in [0.2, 0.25) is 0 Å². The number of hydrazine groups is 1. The zero-order chi connectivity index (χ0) is 15.4. The van der Waals surface area contributed by atoms with Gasteiger partial charge in [-0.1, -0.05) is 30.0 Å². The van der Waals surface area contributed by atoms with Gasteiger partial charge in [-0.05, 0) is 35.7 Å². The first kappa shape index (κ1) is 13.7. The van der Waals surface area contributed by atoms with Crippen LogP contribution in [0.3, 0.4) is 0 Å². The number of nitrogens with two attached hydrogens (primary N) is 2. The summed E-state index contributed by atoms with van der Waals surface area (Å²) >= 11 is 0. The van der Waals surface area contributed by atoms with Crippen LogP contribution in [0, 0.1) is 11.8 Å². The summed E-state index contributed by atoms with van der Waals surface area (Å²) in [5.74, 6) is 17.4. The predicted octanol–water partition coefficient (Wildman–Crippen LogP) is 1.65. The maximum absolute atomic E-state index is 5.37. The molecule has 0 aliphatic rings. The molecule has 0 saturated heterocycles. The molecule has 3 aromatic rings. The molecule has 108 valence electrons. The molecule has 0 aliphatic carbocycles. The molecule has 3 rings (SSSR count). The van der Waals surface area contributed by atoms with Gasteiger partial charge in [0.2, 0.25) is 0 Å². The van der Waals surface area contributed by atoms with Crippen LogP contribution in [0.4, 0.5) is 0 Å². The van der Waals surface area contributed by atoms with E-state index in [4.69, 9.17) is 11.7 Å². The average Bonchev–Trinajstić information content (AvgIpc) is 3.02. The number of amidine groups is 1. The van der Waals surface area contributed by atoms with Crippen LogP contribution >= 0.6 is 0 Å². The zero-order valence-corrected chi connectivity index (χ0v) is 11.8. The molecule has 0 unspecified atom stereocenters. The van der Waals surface area contributed by atoms with Crippen molar-refractivity contribution in [1.82, 2.24) is 10.4 Å². The number of aromatic amines is 1. The first-order valence-electron chi connectivity index (χ1n) is 6.74. The maximum Gasteiger partial charge on any atom is 0.166 e. The van der Waals surface area contributed by atoms with Crippen molar-refractivity contribution >= 4 is 16.7 Å². The van der Waals surface area contributed by atoms with E-state index in [1.807, 2.05) is 54.7 Å². The number of hydrazone groups is 1. The fourth-order valence-electron chi connectivity index (χ4n) is 2.21. The molecule has 5 nitrogen and oxygen atoms in total. The SMILES string of the molecule is N/N=C(\NN)c1cccc(C#Cc2ccc3cc[nH]c3c2)c1. The molecule has 0 fully saturated rings. The minimum Gasteiger partial charge on any atom is -0.361 e. The van der Waals surface area contributed by atoms with Crippen molar-refractivity contribution in [2.75, 3.05) is 0 Å². The molecular weight excluding hydrogens is 274 g/mol. The van der Waals surface area contributed by atoms with Crippen LogP contribution in [-0.4, -0.2) is 10.8 Å². The van der Waals surface area contributed by atoms with E-state index >= 15 is 0 Å². The molecule has 0 spiro atoms. The van der Waals surface area contributed by atoms with Crippen LogP contribution in [0.1, 0.15) is 16.7 Å². The van der Waals surface area contributed by atoms with Crippen molar-refractivity contribution < 1.29 is 0 Å². The van der Waals surface area contributed by atoms with Gasteiger partial charge in [-0.25, -0.2) is 5.84 Å². The van der Waals surface area contributed by atoms with Gasteiger partial charge < -0.3 is 16.3 Å². The van der Waals surface area contributed by atoms with Gasteiger partial charge in [0.1, 0.15) is 0 Å². The molecule has 22 heavy (non-hydrogen) atoms. The van der Waals surface area contributed by atoms with Crippen LogP contribution in [0.5, 0.6) is 0 Å². The fourth-order valence-corrected chi connectivity index (χ4v) is 2.21. The number of hydrogen-bond acceptors (Lipinski definition) is 3. The van der Waals surface area contributed by atoms with E-state index in [-0.39, 0.29) is 0 Å². The zero-order valence-electron chi connectivity index (χ0n) is 11.8. The van der Waals surface area contributed by atoms with Gasteiger partial charge in [-0.15, -0.1) is 0 Å². The highest BCUT2D eigenvalue weighted by atomic mass is 15.3. The third kappa shape index (κ3) is 2.77. The smallest absolute Gasteiger partial charge is 0.166 e. The Morgan fingerprint density at radius 3 is 2.64 bits per heavy atom. The first-order valence-corrected chi connectivity index (χ1v) is 6.74. The minimum atomic E-state index is 0.413. The topological polar surface area (TPSA) is 92.2 Å². The van der Waals surface area contributed by atoms with E-state index in [2.05, 4.69) is 27.4 Å². The molecule has 0 saturated carbocycles. The van der Waals surface area contributed by atoms with Crippen LogP contribution < -0.4 is 17.1 Å². The Morgan fingerprint density at radius 1 is 1.05 bits per heavy atom. The number of benzene rings is 2. The summed E-state index contributed by atoms with van der Waals surface area (Å²) in [7, 11) is 0. The number of H-pyrrole nitrogens is 1. The lowest BCUT2D eigenvalue weighted by atomic mass is 10.1. The van der Waals surface area contributed by atoms with Crippen molar-refractivity contribution in [3.63, 3.8) is 0 Å². The Bertz CT molecular complexity index is 896. The summed E-state index contributed by atoms with van der Waals surface area (Å²) in [6, 6.07) is 15.7. The summed E-state index contributed by atoms with van der Waals surface area (Å²) in [5, 5.41) is 4.76. The molecule has 5 heteroatoms. The molecular formula is C17H15N5. The van der Waals surface area contributed by atoms with Crippen molar-refractivity contribution in [3.8, 4) is 11.8 Å².